The summed E-state index contributed by atoms with van der Waals surface area (Å²) in [7, 11) is -2.81. The Kier molecular flexibility index (Phi) is 3.75. The van der Waals surface area contributed by atoms with E-state index in [0.717, 1.165) is 24.4 Å². The zero-order chi connectivity index (χ0) is 14.8. The lowest BCUT2D eigenvalue weighted by Gasteiger charge is -2.11. The first-order chi connectivity index (χ1) is 9.44. The van der Waals surface area contributed by atoms with Crippen LogP contribution in [0.4, 0.5) is 10.1 Å². The van der Waals surface area contributed by atoms with E-state index in [1.54, 1.807) is 0 Å². The van der Waals surface area contributed by atoms with Crippen LogP contribution in [0.5, 0.6) is 5.75 Å². The molecule has 0 unspecified atom stereocenters. The van der Waals surface area contributed by atoms with E-state index >= 15 is 0 Å². The number of ether oxygens (including phenoxy) is 1. The fraction of sp³-hybridized carbons (Fsp3) is 0.0833. The zero-order valence-electron chi connectivity index (χ0n) is 10.4. The molecule has 0 aliphatic carbocycles. The third-order valence-corrected chi connectivity index (χ3v) is 3.87. The highest BCUT2D eigenvalue weighted by atomic mass is 32.2. The average Bonchev–Trinajstić information content (AvgIpc) is 2.41. The Morgan fingerprint density at radius 3 is 2.70 bits per heavy atom. The van der Waals surface area contributed by atoms with Crippen LogP contribution in [-0.2, 0) is 10.0 Å². The van der Waals surface area contributed by atoms with Crippen molar-refractivity contribution in [1.82, 2.24) is 4.98 Å². The van der Waals surface area contributed by atoms with E-state index in [2.05, 4.69) is 9.71 Å². The molecule has 2 N–H and O–H groups in total. The van der Waals surface area contributed by atoms with Gasteiger partial charge >= 0.3 is 0 Å². The van der Waals surface area contributed by atoms with Gasteiger partial charge in [0.1, 0.15) is 11.6 Å². The second-order valence-corrected chi connectivity index (χ2v) is 5.47. The van der Waals surface area contributed by atoms with Gasteiger partial charge in [-0.3, -0.25) is 9.52 Å². The number of hydrogen-bond acceptors (Lipinski definition) is 4. The Bertz CT molecular complexity index is 786. The molecule has 0 aliphatic rings. The van der Waals surface area contributed by atoms with E-state index in [1.807, 2.05) is 0 Å². The smallest absolute Gasteiger partial charge is 0.267 e. The molecule has 0 aliphatic heterocycles. The van der Waals surface area contributed by atoms with E-state index < -0.39 is 26.2 Å². The van der Waals surface area contributed by atoms with Crippen molar-refractivity contribution in [3.05, 3.63) is 52.7 Å². The van der Waals surface area contributed by atoms with Crippen LogP contribution in [0.2, 0.25) is 0 Å². The maximum Gasteiger partial charge on any atom is 0.267 e. The van der Waals surface area contributed by atoms with Gasteiger partial charge in [-0.2, -0.15) is 0 Å². The molecule has 106 valence electrons. The molecule has 2 rings (SSSR count). The van der Waals surface area contributed by atoms with Crippen LogP contribution in [0.25, 0.3) is 0 Å². The maximum absolute atomic E-state index is 13.0. The van der Waals surface area contributed by atoms with Gasteiger partial charge in [0.2, 0.25) is 5.43 Å². The third-order valence-electron chi connectivity index (χ3n) is 2.49. The number of hydrogen-bond donors (Lipinski definition) is 2. The number of halogens is 1. The molecule has 0 bridgehead atoms. The standard InChI is InChI=1S/C12H11FN2O4S/c1-19-11-6-8(13)2-3-9(11)15-20(17,18)12-7-14-5-4-10(12)16/h2-7,15H,1H3,(H,14,16). The summed E-state index contributed by atoms with van der Waals surface area (Å²) in [5, 5.41) is 0. The molecule has 0 fully saturated rings. The second-order valence-electron chi connectivity index (χ2n) is 3.82. The van der Waals surface area contributed by atoms with Crippen molar-refractivity contribution in [3.8, 4) is 5.75 Å². The van der Waals surface area contributed by atoms with Crippen molar-refractivity contribution in [2.75, 3.05) is 11.8 Å². The summed E-state index contributed by atoms with van der Waals surface area (Å²) in [5.74, 6) is -0.553. The number of rotatable bonds is 4. The molecule has 8 heteroatoms. The molecule has 0 saturated carbocycles. The molecule has 0 amide bonds. The third kappa shape index (κ3) is 2.80. The summed E-state index contributed by atoms with van der Waals surface area (Å²) in [5.41, 5.74) is -0.616. The Balaban J connectivity index is 2.44. The molecule has 0 radical (unpaired) electrons. The molecule has 1 aromatic heterocycles. The molecule has 0 saturated heterocycles. The first kappa shape index (κ1) is 14.1. The number of H-pyrrole nitrogens is 1. The van der Waals surface area contributed by atoms with Gasteiger partial charge in [0.05, 0.1) is 12.8 Å². The monoisotopic (exact) mass is 298 g/mol. The first-order valence-corrected chi connectivity index (χ1v) is 6.96. The van der Waals surface area contributed by atoms with E-state index in [1.165, 1.54) is 19.4 Å². The summed E-state index contributed by atoms with van der Waals surface area (Å²) in [4.78, 5) is 13.6. The van der Waals surface area contributed by atoms with Gasteiger partial charge in [-0.25, -0.2) is 12.8 Å². The van der Waals surface area contributed by atoms with Crippen molar-refractivity contribution in [2.45, 2.75) is 4.90 Å². The highest BCUT2D eigenvalue weighted by molar-refractivity contribution is 7.92. The summed E-state index contributed by atoms with van der Waals surface area (Å²) >= 11 is 0. The van der Waals surface area contributed by atoms with Gasteiger partial charge in [0.15, 0.2) is 4.90 Å². The molecule has 2 aromatic rings. The van der Waals surface area contributed by atoms with E-state index in [9.17, 15) is 17.6 Å². The van der Waals surface area contributed by atoms with Crippen LogP contribution in [0.3, 0.4) is 0 Å². The summed E-state index contributed by atoms with van der Waals surface area (Å²) < 4.78 is 44.3. The minimum Gasteiger partial charge on any atom is -0.494 e. The number of aromatic amines is 1. The van der Waals surface area contributed by atoms with Crippen molar-refractivity contribution in [1.29, 1.82) is 0 Å². The molecule has 1 aromatic carbocycles. The van der Waals surface area contributed by atoms with Gasteiger partial charge < -0.3 is 9.72 Å². The predicted molar refractivity (Wildman–Crippen MR) is 70.8 cm³/mol. The van der Waals surface area contributed by atoms with Gasteiger partial charge in [0, 0.05) is 24.5 Å². The normalized spacial score (nSPS) is 11.1. The summed E-state index contributed by atoms with van der Waals surface area (Å²) in [6.45, 7) is 0. The average molecular weight is 298 g/mol. The fourth-order valence-electron chi connectivity index (χ4n) is 1.56. The number of aromatic nitrogens is 1. The predicted octanol–water partition coefficient (Wildman–Crippen LogP) is 1.32. The Morgan fingerprint density at radius 1 is 1.30 bits per heavy atom. The number of sulfonamides is 1. The maximum atomic E-state index is 13.0. The van der Waals surface area contributed by atoms with E-state index in [-0.39, 0.29) is 11.4 Å². The van der Waals surface area contributed by atoms with Crippen LogP contribution >= 0.6 is 0 Å². The van der Waals surface area contributed by atoms with Gasteiger partial charge in [-0.15, -0.1) is 0 Å². The van der Waals surface area contributed by atoms with Gasteiger partial charge in [-0.1, -0.05) is 0 Å². The molecular weight excluding hydrogens is 287 g/mol. The number of benzene rings is 1. The van der Waals surface area contributed by atoms with Crippen LogP contribution in [0, 0.1) is 5.82 Å². The molecule has 6 nitrogen and oxygen atoms in total. The molecular formula is C12H11FN2O4S. The molecule has 0 spiro atoms. The second kappa shape index (κ2) is 5.33. The number of pyridine rings is 1. The minimum atomic E-state index is -4.09. The van der Waals surface area contributed by atoms with E-state index in [4.69, 9.17) is 4.74 Å². The van der Waals surface area contributed by atoms with Crippen molar-refractivity contribution >= 4 is 15.7 Å². The summed E-state index contributed by atoms with van der Waals surface area (Å²) in [6, 6.07) is 4.42. The highest BCUT2D eigenvalue weighted by Crippen LogP contribution is 2.26. The Labute approximate surface area is 114 Å². The lowest BCUT2D eigenvalue weighted by molar-refractivity contribution is 0.413. The van der Waals surface area contributed by atoms with Crippen molar-refractivity contribution < 1.29 is 17.5 Å². The van der Waals surface area contributed by atoms with Gasteiger partial charge in [-0.05, 0) is 12.1 Å². The first-order valence-electron chi connectivity index (χ1n) is 5.47. The molecule has 20 heavy (non-hydrogen) atoms. The summed E-state index contributed by atoms with van der Waals surface area (Å²) in [6.07, 6.45) is 2.39. The molecule has 1 heterocycles. The topological polar surface area (TPSA) is 88.3 Å². The van der Waals surface area contributed by atoms with Crippen molar-refractivity contribution in [3.63, 3.8) is 0 Å². The minimum absolute atomic E-state index is 0.0148. The Hall–Kier alpha value is -2.35. The zero-order valence-corrected chi connectivity index (χ0v) is 11.2. The van der Waals surface area contributed by atoms with Gasteiger partial charge in [0.25, 0.3) is 10.0 Å². The van der Waals surface area contributed by atoms with Crippen LogP contribution in [0.15, 0.2) is 46.3 Å². The Morgan fingerprint density at radius 2 is 2.05 bits per heavy atom. The largest absolute Gasteiger partial charge is 0.494 e. The number of anilines is 1. The van der Waals surface area contributed by atoms with Crippen LogP contribution in [0.1, 0.15) is 0 Å². The SMILES string of the molecule is COc1cc(F)ccc1NS(=O)(=O)c1c[nH]ccc1=O. The quantitative estimate of drug-likeness (QED) is 0.891. The van der Waals surface area contributed by atoms with Crippen molar-refractivity contribution in [2.24, 2.45) is 0 Å². The number of nitrogens with one attached hydrogen (secondary N) is 2. The lowest BCUT2D eigenvalue weighted by Crippen LogP contribution is -2.21. The van der Waals surface area contributed by atoms with E-state index in [0.29, 0.717) is 0 Å². The highest BCUT2D eigenvalue weighted by Gasteiger charge is 2.19. The number of methoxy groups -OCH3 is 1. The lowest BCUT2D eigenvalue weighted by atomic mass is 10.3. The van der Waals surface area contributed by atoms with Crippen LogP contribution < -0.4 is 14.9 Å². The van der Waals surface area contributed by atoms with Crippen LogP contribution in [-0.4, -0.2) is 20.5 Å². The fourth-order valence-corrected chi connectivity index (χ4v) is 2.68. The molecule has 0 atom stereocenters.